The third-order valence-electron chi connectivity index (χ3n) is 24.0. The average Bonchev–Trinajstić information content (AvgIpc) is 2.89. The molecule has 1 aliphatic heterocycles. The predicted molar refractivity (Wildman–Crippen MR) is 299 cm³/mol. The molecule has 7 nitrogen and oxygen atoms in total. The van der Waals surface area contributed by atoms with E-state index in [1.54, 1.807) is 22.8 Å². The van der Waals surface area contributed by atoms with Crippen molar-refractivity contribution in [2.75, 3.05) is 6.61 Å². The van der Waals surface area contributed by atoms with Gasteiger partial charge in [0.25, 0.3) is 0 Å². The van der Waals surface area contributed by atoms with E-state index in [1.165, 1.54) is 73.8 Å². The second kappa shape index (κ2) is 18.5. The summed E-state index contributed by atoms with van der Waals surface area (Å²) in [5, 5.41) is 45.0. The van der Waals surface area contributed by atoms with Crippen LogP contribution in [0.1, 0.15) is 195 Å². The molecule has 3 N–H and O–H groups in total. The summed E-state index contributed by atoms with van der Waals surface area (Å²) in [5.41, 5.74) is 2.51. The number of aliphatic hydroxyl groups excluding tert-OH is 1. The molecule has 0 saturated heterocycles. The minimum atomic E-state index is -1.64. The zero-order valence-corrected chi connectivity index (χ0v) is 45.9. The molecule has 0 unspecified atom stereocenters. The van der Waals surface area contributed by atoms with Gasteiger partial charge in [-0.1, -0.05) is 143 Å². The fourth-order valence-corrected chi connectivity index (χ4v) is 20.9. The highest BCUT2D eigenvalue weighted by Gasteiger charge is 2.82. The van der Waals surface area contributed by atoms with E-state index in [1.807, 2.05) is 12.2 Å². The molecule has 5 saturated carbocycles. The molecule has 8 aliphatic carbocycles. The Morgan fingerprint density at radius 3 is 2.36 bits per heavy atom. The summed E-state index contributed by atoms with van der Waals surface area (Å²) < 4.78 is 12.1. The zero-order chi connectivity index (χ0) is 52.5. The monoisotopic (exact) mass is 1020 g/mol. The van der Waals surface area contributed by atoms with Crippen LogP contribution in [0.5, 0.6) is 0 Å². The lowest BCUT2D eigenvalue weighted by molar-refractivity contribution is -0.362. The Labute approximate surface area is 452 Å². The molecule has 76 heavy (non-hydrogen) atoms. The molecule has 2 bridgehead atoms. The van der Waals surface area contributed by atoms with E-state index < -0.39 is 45.6 Å². The number of hydrogen-bond acceptors (Lipinski definition) is 7. The number of esters is 2. The molecular formula is C69H84O7. The highest BCUT2D eigenvalue weighted by Crippen LogP contribution is 2.79. The van der Waals surface area contributed by atoms with Crippen LogP contribution >= 0.6 is 0 Å². The van der Waals surface area contributed by atoms with E-state index >= 15 is 0 Å². The number of ether oxygens (including phenoxy) is 2. The lowest BCUT2D eigenvalue weighted by Gasteiger charge is -2.76. The predicted octanol–water partition coefficient (Wildman–Crippen LogP) is 14.1. The summed E-state index contributed by atoms with van der Waals surface area (Å²) in [5.74, 6) is 1.07. The second-order valence-electron chi connectivity index (χ2n) is 27.3. The first kappa shape index (κ1) is 50.9. The third-order valence-corrected chi connectivity index (χ3v) is 24.0. The van der Waals surface area contributed by atoms with Gasteiger partial charge in [0.2, 0.25) is 0 Å². The Morgan fingerprint density at radius 1 is 0.789 bits per heavy atom. The molecule has 9 aliphatic rings. The van der Waals surface area contributed by atoms with Crippen LogP contribution in [0.2, 0.25) is 0 Å². The van der Waals surface area contributed by atoms with Gasteiger partial charge in [0.1, 0.15) is 12.7 Å². The third kappa shape index (κ3) is 7.28. The molecule has 4 aromatic rings. The summed E-state index contributed by atoms with van der Waals surface area (Å²) >= 11 is 0. The number of hydrogen-bond donors (Lipinski definition) is 3. The number of aryl methyl sites for hydroxylation is 1. The van der Waals surface area contributed by atoms with E-state index in [9.17, 15) is 24.9 Å². The maximum atomic E-state index is 14.5. The standard InChI is InChI=1S/C69H84O7/c1-44(15-13-18-46-16-7-5-8-17-46)26-35-67(73)38-37-63(3)42-56(76-45(2)70)62-64(4,32-30-57(71)69(62,67)68(63,74)36-27-47-39-58(72)75-43-47)51-29-34-65-33-28-49-41-66(50-20-9-6-10-21-50)31-12-11-23-54(66)53-25-24-48-19-14-22-52(55(65)40-51)59(48)60(53)61(49)65/h5-10,14,16-17,19-22,24-25,37-39,44,49,51,54-57,61-62,71,73-74H,11-13,15,18,23,26-36,40-43H2,1-4H3/t44-,49-,51-,54-,55+,56-,57+,61-,62+,63+,64+,65+,66+,67+,68-,69+/m1/s1. The summed E-state index contributed by atoms with van der Waals surface area (Å²) in [6, 6.07) is 34.5. The molecule has 13 rings (SSSR count). The number of rotatable bonds is 13. The van der Waals surface area contributed by atoms with Crippen molar-refractivity contribution in [3.8, 4) is 0 Å². The zero-order valence-electron chi connectivity index (χ0n) is 45.9. The Kier molecular flexibility index (Phi) is 12.4. The SMILES string of the molecule is CC(=O)O[C@@H]1C[C@]2(C)C=C[C@@](O)(CC[C@H](C)CCCc3ccccc3)[C@@]3([C@@H](O)CC[C@@](C)([C@@H]4CC[C@]56CC[C@@H]7C[C@]8(c9ccccc9)CCCC[C@@H]8c8ccc9cccc(c9c8[C@@H]75)[C@@H]6C4)[C@H]13)[C@@]2(O)CCC1=CC(=O)OC1. The molecule has 16 atom stereocenters. The Balaban J connectivity index is 0.919. The van der Waals surface area contributed by atoms with Crippen molar-refractivity contribution in [3.05, 3.63) is 143 Å². The summed E-state index contributed by atoms with van der Waals surface area (Å²) in [4.78, 5) is 26.2. The highest BCUT2D eigenvalue weighted by atomic mass is 16.5. The van der Waals surface area contributed by atoms with Crippen LogP contribution in [0.25, 0.3) is 10.8 Å². The number of fused-ring (bicyclic) bond motifs is 4. The van der Waals surface area contributed by atoms with Crippen molar-refractivity contribution in [3.63, 3.8) is 0 Å². The molecule has 0 radical (unpaired) electrons. The van der Waals surface area contributed by atoms with Crippen LogP contribution < -0.4 is 0 Å². The van der Waals surface area contributed by atoms with Gasteiger partial charge in [-0.2, -0.15) is 0 Å². The summed E-state index contributed by atoms with van der Waals surface area (Å²) in [6.07, 6.45) is 21.9. The normalized spacial score (nSPS) is 41.0. The van der Waals surface area contributed by atoms with Gasteiger partial charge in [-0.25, -0.2) is 4.79 Å². The Bertz CT molecular complexity index is 2960. The van der Waals surface area contributed by atoms with Gasteiger partial charge < -0.3 is 24.8 Å². The van der Waals surface area contributed by atoms with Gasteiger partial charge in [0, 0.05) is 29.7 Å². The topological polar surface area (TPSA) is 113 Å². The van der Waals surface area contributed by atoms with Gasteiger partial charge in [0.05, 0.1) is 22.7 Å². The highest BCUT2D eigenvalue weighted by molar-refractivity contribution is 5.93. The van der Waals surface area contributed by atoms with Crippen LogP contribution in [0, 0.1) is 45.3 Å². The first-order valence-corrected chi connectivity index (χ1v) is 30.1. The smallest absolute Gasteiger partial charge is 0.331 e. The summed E-state index contributed by atoms with van der Waals surface area (Å²) in [7, 11) is 0. The van der Waals surface area contributed by atoms with E-state index in [2.05, 4.69) is 112 Å². The number of carbonyl (C=O) groups excluding carboxylic acids is 2. The first-order valence-electron chi connectivity index (χ1n) is 30.1. The molecule has 5 fully saturated rings. The van der Waals surface area contributed by atoms with Crippen LogP contribution in [0.4, 0.5) is 0 Å². The van der Waals surface area contributed by atoms with Crippen LogP contribution in [-0.2, 0) is 30.9 Å². The van der Waals surface area contributed by atoms with E-state index in [-0.39, 0.29) is 47.6 Å². The second-order valence-corrected chi connectivity index (χ2v) is 27.3. The van der Waals surface area contributed by atoms with Crippen molar-refractivity contribution in [2.45, 2.75) is 203 Å². The molecule has 402 valence electrons. The molecule has 7 heteroatoms. The van der Waals surface area contributed by atoms with Crippen molar-refractivity contribution in [2.24, 2.45) is 45.3 Å². The Morgan fingerprint density at radius 2 is 1.58 bits per heavy atom. The number of carbonyl (C=O) groups is 2. The fourth-order valence-electron chi connectivity index (χ4n) is 20.9. The van der Waals surface area contributed by atoms with Gasteiger partial charge in [-0.15, -0.1) is 0 Å². The lowest BCUT2D eigenvalue weighted by atomic mass is 9.31. The summed E-state index contributed by atoms with van der Waals surface area (Å²) in [6.45, 7) is 8.45. The van der Waals surface area contributed by atoms with Crippen molar-refractivity contribution < 1.29 is 34.4 Å². The van der Waals surface area contributed by atoms with E-state index in [4.69, 9.17) is 9.47 Å². The maximum Gasteiger partial charge on any atom is 0.331 e. The van der Waals surface area contributed by atoms with Gasteiger partial charge in [-0.05, 0) is 200 Å². The van der Waals surface area contributed by atoms with Crippen molar-refractivity contribution >= 4 is 22.7 Å². The number of benzene rings is 4. The van der Waals surface area contributed by atoms with Crippen LogP contribution in [0.15, 0.2) is 115 Å². The minimum Gasteiger partial charge on any atom is -0.462 e. The first-order chi connectivity index (χ1) is 36.6. The van der Waals surface area contributed by atoms with Gasteiger partial charge in [0.15, 0.2) is 0 Å². The quantitative estimate of drug-likeness (QED) is 0.0903. The molecule has 4 aromatic carbocycles. The van der Waals surface area contributed by atoms with Crippen molar-refractivity contribution in [1.82, 2.24) is 0 Å². The molecular weight excluding hydrogens is 941 g/mol. The molecule has 0 amide bonds. The van der Waals surface area contributed by atoms with E-state index in [0.29, 0.717) is 62.2 Å². The fraction of sp³-hybridized carbons (Fsp3) is 0.594. The largest absolute Gasteiger partial charge is 0.462 e. The minimum absolute atomic E-state index is 0.118. The van der Waals surface area contributed by atoms with Gasteiger partial charge in [-0.3, -0.25) is 4.79 Å². The lowest BCUT2D eigenvalue weighted by Crippen LogP contribution is -2.83. The maximum absolute atomic E-state index is 14.5. The van der Waals surface area contributed by atoms with E-state index in [0.717, 1.165) is 44.1 Å². The molecule has 2 spiro atoms. The average molecular weight is 1030 g/mol. The van der Waals surface area contributed by atoms with Gasteiger partial charge >= 0.3 is 11.9 Å². The van der Waals surface area contributed by atoms with Crippen LogP contribution in [-0.4, -0.2) is 57.3 Å². The van der Waals surface area contributed by atoms with Crippen molar-refractivity contribution in [1.29, 1.82) is 0 Å². The number of cyclic esters (lactones) is 1. The van der Waals surface area contributed by atoms with Crippen LogP contribution in [0.3, 0.4) is 0 Å². The molecule has 0 aromatic heterocycles. The number of aliphatic hydroxyl groups is 3. The molecule has 1 heterocycles. The Hall–Kier alpha value is -4.56.